The number of aromatic nitrogens is 5. The Labute approximate surface area is 198 Å². The molecule has 16 heteroatoms. The molecule has 3 aromatic heterocycles. The molecule has 0 saturated carbocycles. The highest BCUT2D eigenvalue weighted by atomic mass is 35.5. The Morgan fingerprint density at radius 1 is 1.09 bits per heavy atom. The first-order valence-corrected chi connectivity index (χ1v) is 11.0. The number of amides is 2. The monoisotopic (exact) mass is 511 g/mol. The number of H-pyrrole nitrogens is 1. The van der Waals surface area contributed by atoms with Gasteiger partial charge < -0.3 is 14.2 Å². The number of methoxy groups -OCH3 is 3. The quantitative estimate of drug-likeness (QED) is 0.348. The summed E-state index contributed by atoms with van der Waals surface area (Å²) in [5.41, 5.74) is -0.354. The second-order valence-corrected chi connectivity index (χ2v) is 8.41. The molecule has 2 N–H and O–H groups in total. The number of carbonyl (C=O) groups is 2. The standard InChI is InChI=1S/C18H18ClN7O7S/c1-9-14(16(27)33-4)15(25-24-9)34(29,30)26(11-7-5-6-10(19)20-11)18(28)23-17-21-12(31-2)8-13(22-17)32-3/h5-8H,1-4H3,(H,24,25)(H,21,22,23,28). The molecule has 3 heterocycles. The minimum Gasteiger partial charge on any atom is -0.481 e. The van der Waals surface area contributed by atoms with E-state index in [9.17, 15) is 18.0 Å². The topological polar surface area (TPSA) is 179 Å². The first-order valence-electron chi connectivity index (χ1n) is 9.21. The number of anilines is 2. The van der Waals surface area contributed by atoms with Crippen molar-refractivity contribution in [2.75, 3.05) is 31.0 Å². The maximum absolute atomic E-state index is 13.6. The number of sulfonamides is 1. The molecule has 0 unspecified atom stereocenters. The number of ether oxygens (including phenoxy) is 3. The molecule has 34 heavy (non-hydrogen) atoms. The van der Waals surface area contributed by atoms with Gasteiger partial charge in [-0.1, -0.05) is 17.7 Å². The van der Waals surface area contributed by atoms with E-state index in [0.717, 1.165) is 7.11 Å². The Balaban J connectivity index is 2.14. The van der Waals surface area contributed by atoms with Gasteiger partial charge in [-0.3, -0.25) is 10.4 Å². The summed E-state index contributed by atoms with van der Waals surface area (Å²) in [6, 6.07) is 4.07. The number of halogens is 1. The number of aromatic amines is 1. The summed E-state index contributed by atoms with van der Waals surface area (Å²) in [6.45, 7) is 1.39. The van der Waals surface area contributed by atoms with E-state index in [-0.39, 0.29) is 44.2 Å². The largest absolute Gasteiger partial charge is 0.481 e. The van der Waals surface area contributed by atoms with Crippen molar-refractivity contribution in [3.8, 4) is 11.8 Å². The summed E-state index contributed by atoms with van der Waals surface area (Å²) in [6.07, 6.45) is 0. The van der Waals surface area contributed by atoms with Gasteiger partial charge in [-0.2, -0.15) is 27.8 Å². The molecule has 0 spiro atoms. The Bertz CT molecular complexity index is 1320. The predicted molar refractivity (Wildman–Crippen MR) is 118 cm³/mol. The lowest BCUT2D eigenvalue weighted by molar-refractivity contribution is 0.0595. The fourth-order valence-corrected chi connectivity index (χ4v) is 4.30. The highest BCUT2D eigenvalue weighted by Crippen LogP contribution is 2.27. The number of hydrogen-bond acceptors (Lipinski definition) is 11. The summed E-state index contributed by atoms with van der Waals surface area (Å²) < 4.78 is 42.2. The van der Waals surface area contributed by atoms with Crippen LogP contribution >= 0.6 is 11.6 Å². The lowest BCUT2D eigenvalue weighted by Crippen LogP contribution is -2.41. The average molecular weight is 512 g/mol. The van der Waals surface area contributed by atoms with Crippen LogP contribution in [0.1, 0.15) is 16.1 Å². The molecule has 3 rings (SSSR count). The zero-order valence-corrected chi connectivity index (χ0v) is 19.8. The van der Waals surface area contributed by atoms with Crippen molar-refractivity contribution >= 4 is 45.4 Å². The van der Waals surface area contributed by atoms with E-state index in [4.69, 9.17) is 21.1 Å². The van der Waals surface area contributed by atoms with Gasteiger partial charge in [0.25, 0.3) is 10.0 Å². The maximum Gasteiger partial charge on any atom is 0.344 e. The highest BCUT2D eigenvalue weighted by molar-refractivity contribution is 7.93. The van der Waals surface area contributed by atoms with Gasteiger partial charge in [-0.05, 0) is 19.1 Å². The number of hydrogen-bond donors (Lipinski definition) is 2. The maximum atomic E-state index is 13.6. The average Bonchev–Trinajstić information content (AvgIpc) is 3.20. The highest BCUT2D eigenvalue weighted by Gasteiger charge is 2.38. The third-order valence-corrected chi connectivity index (χ3v) is 6.07. The van der Waals surface area contributed by atoms with Crippen molar-refractivity contribution in [2.45, 2.75) is 11.9 Å². The van der Waals surface area contributed by atoms with E-state index in [0.29, 0.717) is 0 Å². The molecule has 0 bridgehead atoms. The molecule has 2 amide bonds. The predicted octanol–water partition coefficient (Wildman–Crippen LogP) is 1.79. The van der Waals surface area contributed by atoms with Crippen molar-refractivity contribution in [2.24, 2.45) is 0 Å². The number of nitrogens with zero attached hydrogens (tertiary/aromatic N) is 5. The molecular formula is C18H18ClN7O7S. The van der Waals surface area contributed by atoms with Crippen molar-refractivity contribution in [1.82, 2.24) is 25.1 Å². The molecule has 0 aromatic carbocycles. The van der Waals surface area contributed by atoms with Crippen molar-refractivity contribution in [1.29, 1.82) is 0 Å². The summed E-state index contributed by atoms with van der Waals surface area (Å²) in [5.74, 6) is -1.63. The van der Waals surface area contributed by atoms with E-state index in [1.807, 2.05) is 0 Å². The summed E-state index contributed by atoms with van der Waals surface area (Å²) in [5, 5.41) is 7.48. The number of rotatable bonds is 7. The molecule has 3 aromatic rings. The second kappa shape index (κ2) is 9.88. The molecule has 0 saturated heterocycles. The van der Waals surface area contributed by atoms with Crippen LogP contribution in [0.15, 0.2) is 29.3 Å². The fraction of sp³-hybridized carbons (Fsp3) is 0.222. The third-order valence-electron chi connectivity index (χ3n) is 4.21. The van der Waals surface area contributed by atoms with Gasteiger partial charge >= 0.3 is 12.0 Å². The van der Waals surface area contributed by atoms with Crippen LogP contribution < -0.4 is 19.1 Å². The molecule has 0 aliphatic carbocycles. The normalized spacial score (nSPS) is 11.0. The van der Waals surface area contributed by atoms with Crippen LogP contribution in [0.5, 0.6) is 11.8 Å². The van der Waals surface area contributed by atoms with Gasteiger partial charge in [0.1, 0.15) is 10.7 Å². The number of urea groups is 1. The zero-order valence-electron chi connectivity index (χ0n) is 18.2. The summed E-state index contributed by atoms with van der Waals surface area (Å²) >= 11 is 5.92. The van der Waals surface area contributed by atoms with Gasteiger partial charge in [0.2, 0.25) is 17.7 Å². The Morgan fingerprint density at radius 2 is 1.74 bits per heavy atom. The van der Waals surface area contributed by atoms with Crippen LogP contribution in [-0.4, -0.2) is 66.9 Å². The lowest BCUT2D eigenvalue weighted by Gasteiger charge is -2.21. The van der Waals surface area contributed by atoms with Gasteiger partial charge in [0.15, 0.2) is 10.8 Å². The van der Waals surface area contributed by atoms with E-state index in [2.05, 4.69) is 35.2 Å². The first-order chi connectivity index (χ1) is 16.1. The second-order valence-electron chi connectivity index (χ2n) is 6.30. The van der Waals surface area contributed by atoms with Crippen molar-refractivity contribution < 1.29 is 32.2 Å². The van der Waals surface area contributed by atoms with E-state index in [1.54, 1.807) is 0 Å². The lowest BCUT2D eigenvalue weighted by atomic mass is 10.3. The number of pyridine rings is 1. The van der Waals surface area contributed by atoms with Crippen molar-refractivity contribution in [3.05, 3.63) is 40.7 Å². The molecule has 0 fully saturated rings. The Morgan fingerprint density at radius 3 is 2.29 bits per heavy atom. The molecule has 0 aliphatic rings. The van der Waals surface area contributed by atoms with Crippen LogP contribution in [0.2, 0.25) is 5.15 Å². The fourth-order valence-electron chi connectivity index (χ4n) is 2.69. The van der Waals surface area contributed by atoms with Crippen LogP contribution in [0.25, 0.3) is 0 Å². The van der Waals surface area contributed by atoms with E-state index in [1.165, 1.54) is 45.4 Å². The van der Waals surface area contributed by atoms with Crippen LogP contribution in [-0.2, 0) is 14.8 Å². The molecule has 0 radical (unpaired) electrons. The number of nitrogens with one attached hydrogen (secondary N) is 2. The smallest absolute Gasteiger partial charge is 0.344 e. The summed E-state index contributed by atoms with van der Waals surface area (Å²) in [7, 11) is -1.10. The third kappa shape index (κ3) is 4.84. The number of esters is 1. The molecule has 0 atom stereocenters. The number of aryl methyl sites for hydroxylation is 1. The molecule has 180 valence electrons. The minimum absolute atomic E-state index is 0.0331. The number of carbonyl (C=O) groups excluding carboxylic acids is 2. The van der Waals surface area contributed by atoms with Gasteiger partial charge in [-0.25, -0.2) is 14.6 Å². The van der Waals surface area contributed by atoms with Crippen molar-refractivity contribution in [3.63, 3.8) is 0 Å². The first kappa shape index (κ1) is 24.7. The molecule has 0 aliphatic heterocycles. The molecule has 14 nitrogen and oxygen atoms in total. The molecular weight excluding hydrogens is 494 g/mol. The zero-order chi connectivity index (χ0) is 25.0. The minimum atomic E-state index is -4.82. The van der Waals surface area contributed by atoms with Crippen LogP contribution in [0.3, 0.4) is 0 Å². The van der Waals surface area contributed by atoms with E-state index >= 15 is 0 Å². The van der Waals surface area contributed by atoms with Gasteiger partial charge in [0, 0.05) is 0 Å². The van der Waals surface area contributed by atoms with E-state index < -0.39 is 27.0 Å². The van der Waals surface area contributed by atoms with Gasteiger partial charge in [0.05, 0.1) is 33.1 Å². The van der Waals surface area contributed by atoms with Crippen LogP contribution in [0, 0.1) is 6.92 Å². The Kier molecular flexibility index (Phi) is 7.17. The summed E-state index contributed by atoms with van der Waals surface area (Å²) in [4.78, 5) is 37.3. The Hall–Kier alpha value is -3.98. The van der Waals surface area contributed by atoms with Gasteiger partial charge in [-0.15, -0.1) is 0 Å². The van der Waals surface area contributed by atoms with Crippen LogP contribution in [0.4, 0.5) is 16.6 Å². The SMILES string of the molecule is COC(=O)c1c(C)n[nH]c1S(=O)(=O)N(C(=O)Nc1nc(OC)cc(OC)n1)c1cccc(Cl)n1.